The fourth-order valence-corrected chi connectivity index (χ4v) is 1.85. The summed E-state index contributed by atoms with van der Waals surface area (Å²) < 4.78 is 13.1. The van der Waals surface area contributed by atoms with Gasteiger partial charge in [0.25, 0.3) is 0 Å². The Bertz CT molecular complexity index is 508. The maximum absolute atomic E-state index is 13.1. The summed E-state index contributed by atoms with van der Waals surface area (Å²) in [7, 11) is 0. The van der Waals surface area contributed by atoms with E-state index < -0.39 is 11.7 Å². The maximum atomic E-state index is 13.1. The molecule has 1 aromatic rings. The molecule has 0 spiro atoms. The second-order valence-electron chi connectivity index (χ2n) is 4.81. The molecule has 2 amide bonds. The minimum absolute atomic E-state index is 0.00110. The average Bonchev–Trinajstić information content (AvgIpc) is 2.39. The van der Waals surface area contributed by atoms with E-state index in [9.17, 15) is 14.0 Å². The Balaban J connectivity index is 2.64. The van der Waals surface area contributed by atoms with Crippen LogP contribution < -0.4 is 16.8 Å². The van der Waals surface area contributed by atoms with Crippen molar-refractivity contribution in [2.24, 2.45) is 5.73 Å². The molecule has 5 N–H and O–H groups in total. The van der Waals surface area contributed by atoms with Crippen molar-refractivity contribution in [1.29, 1.82) is 0 Å². The van der Waals surface area contributed by atoms with E-state index in [-0.39, 0.29) is 30.4 Å². The number of nitrogen functional groups attached to an aromatic ring is 1. The number of hydrogen-bond donors (Lipinski definition) is 3. The molecule has 1 rings (SSSR count). The van der Waals surface area contributed by atoms with E-state index in [4.69, 9.17) is 11.5 Å². The summed E-state index contributed by atoms with van der Waals surface area (Å²) in [6.45, 7) is 2.60. The number of hydrogen-bond acceptors (Lipinski definition) is 4. The monoisotopic (exact) mass is 296 g/mol. The number of rotatable bonds is 8. The van der Waals surface area contributed by atoms with Gasteiger partial charge in [-0.05, 0) is 31.2 Å². The molecule has 1 aromatic carbocycles. The highest BCUT2D eigenvalue weighted by Crippen LogP contribution is 2.19. The number of unbranched alkanes of at least 4 members (excludes halogenated alkanes) is 1. The van der Waals surface area contributed by atoms with Crippen LogP contribution >= 0.6 is 0 Å². The molecule has 0 saturated carbocycles. The number of anilines is 2. The topological polar surface area (TPSA) is 101 Å². The third-order valence-electron chi connectivity index (χ3n) is 2.86. The van der Waals surface area contributed by atoms with E-state index in [1.165, 1.54) is 12.1 Å². The van der Waals surface area contributed by atoms with Crippen molar-refractivity contribution in [3.05, 3.63) is 24.0 Å². The molecule has 6 nitrogen and oxygen atoms in total. The van der Waals surface area contributed by atoms with Crippen LogP contribution in [-0.2, 0) is 9.59 Å². The first-order valence-electron chi connectivity index (χ1n) is 6.78. The fraction of sp³-hybridized carbons (Fsp3) is 0.429. The van der Waals surface area contributed by atoms with Gasteiger partial charge in [-0.15, -0.1) is 0 Å². The summed E-state index contributed by atoms with van der Waals surface area (Å²) in [5, 5.41) is 2.53. The molecule has 0 aliphatic rings. The number of carbonyl (C=O) groups excluding carboxylic acids is 2. The van der Waals surface area contributed by atoms with E-state index in [2.05, 4.69) is 5.32 Å². The normalized spacial score (nSPS) is 10.6. The lowest BCUT2D eigenvalue weighted by atomic mass is 10.2. The van der Waals surface area contributed by atoms with Crippen LogP contribution in [0, 0.1) is 5.82 Å². The second-order valence-corrected chi connectivity index (χ2v) is 4.81. The number of nitrogens with two attached hydrogens (primary N) is 2. The highest BCUT2D eigenvalue weighted by atomic mass is 19.1. The largest absolute Gasteiger partial charge is 0.397 e. The van der Waals surface area contributed by atoms with E-state index in [0.717, 1.165) is 18.9 Å². The van der Waals surface area contributed by atoms with Gasteiger partial charge in [0, 0.05) is 0 Å². The number of nitrogens with zero attached hydrogens (tertiary/aromatic N) is 1. The molecular formula is C14H21FN4O2. The molecule has 0 aliphatic carbocycles. The molecule has 7 heteroatoms. The molecule has 0 bridgehead atoms. The van der Waals surface area contributed by atoms with Gasteiger partial charge in [-0.25, -0.2) is 4.39 Å². The number of carbonyl (C=O) groups is 2. The smallest absolute Gasteiger partial charge is 0.238 e. The molecule has 0 fully saturated rings. The van der Waals surface area contributed by atoms with Crippen molar-refractivity contribution >= 4 is 23.2 Å². The Morgan fingerprint density at radius 3 is 2.67 bits per heavy atom. The molecule has 21 heavy (non-hydrogen) atoms. The molecular weight excluding hydrogens is 275 g/mol. The molecule has 116 valence electrons. The molecule has 0 radical (unpaired) electrons. The predicted molar refractivity (Wildman–Crippen MR) is 80.0 cm³/mol. The van der Waals surface area contributed by atoms with Crippen LogP contribution in [0.25, 0.3) is 0 Å². The first kappa shape index (κ1) is 16.9. The number of primary amides is 1. The van der Waals surface area contributed by atoms with Gasteiger partial charge in [0.1, 0.15) is 5.82 Å². The second kappa shape index (κ2) is 8.21. The number of nitrogens with one attached hydrogen (secondary N) is 1. The first-order chi connectivity index (χ1) is 9.92. The van der Waals surface area contributed by atoms with Gasteiger partial charge in [0.05, 0.1) is 24.5 Å². The molecule has 0 saturated heterocycles. The Morgan fingerprint density at radius 2 is 2.05 bits per heavy atom. The summed E-state index contributed by atoms with van der Waals surface area (Å²) in [6, 6.07) is 3.74. The Labute approximate surface area is 123 Å². The summed E-state index contributed by atoms with van der Waals surface area (Å²) in [5.74, 6) is -1.35. The fourth-order valence-electron chi connectivity index (χ4n) is 1.85. The van der Waals surface area contributed by atoms with Crippen molar-refractivity contribution in [2.45, 2.75) is 19.8 Å². The first-order valence-corrected chi connectivity index (χ1v) is 6.78. The maximum Gasteiger partial charge on any atom is 0.238 e. The van der Waals surface area contributed by atoms with Crippen LogP contribution in [0.5, 0.6) is 0 Å². The van der Waals surface area contributed by atoms with Gasteiger partial charge in [-0.1, -0.05) is 13.3 Å². The van der Waals surface area contributed by atoms with Crippen molar-refractivity contribution in [2.75, 3.05) is 30.7 Å². The Hall–Kier alpha value is -2.15. The van der Waals surface area contributed by atoms with Crippen molar-refractivity contribution < 1.29 is 14.0 Å². The summed E-state index contributed by atoms with van der Waals surface area (Å²) in [4.78, 5) is 24.6. The summed E-state index contributed by atoms with van der Waals surface area (Å²) in [6.07, 6.45) is 1.79. The number of halogens is 1. The van der Waals surface area contributed by atoms with Crippen molar-refractivity contribution in [3.8, 4) is 0 Å². The molecule has 0 atom stereocenters. The minimum atomic E-state index is -0.496. The van der Waals surface area contributed by atoms with Gasteiger partial charge in [-0.3, -0.25) is 14.5 Å². The zero-order chi connectivity index (χ0) is 15.8. The van der Waals surface area contributed by atoms with Crippen LogP contribution in [0.15, 0.2) is 18.2 Å². The summed E-state index contributed by atoms with van der Waals surface area (Å²) in [5.41, 5.74) is 11.3. The SMILES string of the molecule is CCCCN(CC(N)=O)CC(=O)Nc1cc(F)ccc1N. The van der Waals surface area contributed by atoms with E-state index in [1.807, 2.05) is 6.92 Å². The standard InChI is InChI=1S/C14H21FN4O2/c1-2-3-6-19(8-13(17)20)9-14(21)18-12-7-10(15)4-5-11(12)16/h4-5,7H,2-3,6,8-9,16H2,1H3,(H2,17,20)(H,18,21). The molecule has 0 heterocycles. The van der Waals surface area contributed by atoms with Gasteiger partial charge in [-0.2, -0.15) is 0 Å². The van der Waals surface area contributed by atoms with Gasteiger partial charge in [0.15, 0.2) is 0 Å². The quantitative estimate of drug-likeness (QED) is 0.621. The van der Waals surface area contributed by atoms with E-state index in [0.29, 0.717) is 6.54 Å². The lowest BCUT2D eigenvalue weighted by Gasteiger charge is -2.20. The lowest BCUT2D eigenvalue weighted by molar-refractivity contribution is -0.121. The Kier molecular flexibility index (Phi) is 6.61. The zero-order valence-corrected chi connectivity index (χ0v) is 12.1. The van der Waals surface area contributed by atoms with Crippen LogP contribution in [0.1, 0.15) is 19.8 Å². The van der Waals surface area contributed by atoms with Gasteiger partial charge in [0.2, 0.25) is 11.8 Å². The van der Waals surface area contributed by atoms with Gasteiger partial charge < -0.3 is 16.8 Å². The Morgan fingerprint density at radius 1 is 1.33 bits per heavy atom. The number of benzene rings is 1. The lowest BCUT2D eigenvalue weighted by Crippen LogP contribution is -2.39. The van der Waals surface area contributed by atoms with Crippen molar-refractivity contribution in [1.82, 2.24) is 4.90 Å². The van der Waals surface area contributed by atoms with Crippen LogP contribution in [-0.4, -0.2) is 36.3 Å². The van der Waals surface area contributed by atoms with E-state index in [1.54, 1.807) is 4.90 Å². The summed E-state index contributed by atoms with van der Waals surface area (Å²) >= 11 is 0. The van der Waals surface area contributed by atoms with Crippen LogP contribution in [0.2, 0.25) is 0 Å². The predicted octanol–water partition coefficient (Wildman–Crippen LogP) is 0.934. The molecule has 0 unspecified atom stereocenters. The van der Waals surface area contributed by atoms with Crippen LogP contribution in [0.4, 0.5) is 15.8 Å². The highest BCUT2D eigenvalue weighted by molar-refractivity contribution is 5.95. The van der Waals surface area contributed by atoms with E-state index >= 15 is 0 Å². The zero-order valence-electron chi connectivity index (χ0n) is 12.1. The third-order valence-corrected chi connectivity index (χ3v) is 2.86. The third kappa shape index (κ3) is 6.22. The van der Waals surface area contributed by atoms with Crippen LogP contribution in [0.3, 0.4) is 0 Å². The highest BCUT2D eigenvalue weighted by Gasteiger charge is 2.14. The molecule has 0 aromatic heterocycles. The van der Waals surface area contributed by atoms with Crippen molar-refractivity contribution in [3.63, 3.8) is 0 Å². The minimum Gasteiger partial charge on any atom is -0.397 e. The van der Waals surface area contributed by atoms with Gasteiger partial charge >= 0.3 is 0 Å². The number of amides is 2. The average molecular weight is 296 g/mol. The molecule has 0 aliphatic heterocycles.